The lowest BCUT2D eigenvalue weighted by Crippen LogP contribution is -1.86. The summed E-state index contributed by atoms with van der Waals surface area (Å²) in [6.07, 6.45) is 11.4. The van der Waals surface area contributed by atoms with E-state index in [1.54, 1.807) is 0 Å². The molecular weight excluding hydrogens is 215 g/mol. The zero-order chi connectivity index (χ0) is 10.6. The molecule has 0 radical (unpaired) electrons. The van der Waals surface area contributed by atoms with Crippen molar-refractivity contribution in [1.82, 2.24) is 0 Å². The summed E-state index contributed by atoms with van der Waals surface area (Å²) in [5.74, 6) is 1.17. The maximum absolute atomic E-state index is 5.70. The van der Waals surface area contributed by atoms with Crippen molar-refractivity contribution in [3.8, 4) is 0 Å². The summed E-state index contributed by atoms with van der Waals surface area (Å²) in [5, 5.41) is 0. The molecule has 0 unspecified atom stereocenters. The molecule has 0 spiro atoms. The standard InChI is InChI=1S/C12H22Cl2/c1-2-3-4-5-6-7-8-9-12(10-13)11-14/h9H,2-8,10-11H2,1H3. The lowest BCUT2D eigenvalue weighted by molar-refractivity contribution is 0.611. The fourth-order valence-electron chi connectivity index (χ4n) is 1.38. The molecule has 0 atom stereocenters. The topological polar surface area (TPSA) is 0 Å². The Morgan fingerprint density at radius 1 is 0.929 bits per heavy atom. The third-order valence-electron chi connectivity index (χ3n) is 2.33. The molecule has 0 aromatic rings. The van der Waals surface area contributed by atoms with Crippen LogP contribution in [0.1, 0.15) is 51.9 Å². The number of alkyl halides is 2. The van der Waals surface area contributed by atoms with Crippen LogP contribution in [0.3, 0.4) is 0 Å². The van der Waals surface area contributed by atoms with Gasteiger partial charge in [0.15, 0.2) is 0 Å². The van der Waals surface area contributed by atoms with Crippen molar-refractivity contribution in [3.05, 3.63) is 11.6 Å². The summed E-state index contributed by atoms with van der Waals surface area (Å²) >= 11 is 11.4. The molecule has 0 saturated heterocycles. The SMILES string of the molecule is CCCCCCCCC=C(CCl)CCl. The van der Waals surface area contributed by atoms with Gasteiger partial charge in [0.2, 0.25) is 0 Å². The molecule has 2 heteroatoms. The maximum atomic E-state index is 5.70. The highest BCUT2D eigenvalue weighted by Gasteiger charge is 1.92. The fraction of sp³-hybridized carbons (Fsp3) is 0.833. The Kier molecular flexibility index (Phi) is 11.7. The zero-order valence-electron chi connectivity index (χ0n) is 9.20. The molecular formula is C12H22Cl2. The molecule has 0 N–H and O–H groups in total. The monoisotopic (exact) mass is 236 g/mol. The average molecular weight is 237 g/mol. The number of halogens is 2. The Bertz CT molecular complexity index is 135. The molecule has 0 amide bonds. The predicted octanol–water partition coefficient (Wildman–Crippen LogP) is 5.14. The van der Waals surface area contributed by atoms with Crippen LogP contribution in [0.4, 0.5) is 0 Å². The molecule has 0 aromatic carbocycles. The first kappa shape index (κ1) is 14.3. The maximum Gasteiger partial charge on any atom is 0.0445 e. The molecule has 0 aliphatic heterocycles. The van der Waals surface area contributed by atoms with E-state index >= 15 is 0 Å². The van der Waals surface area contributed by atoms with Crippen molar-refractivity contribution in [3.63, 3.8) is 0 Å². The predicted molar refractivity (Wildman–Crippen MR) is 67.5 cm³/mol. The first-order valence-corrected chi connectivity index (χ1v) is 6.71. The van der Waals surface area contributed by atoms with Crippen LogP contribution in [0.15, 0.2) is 11.6 Å². The summed E-state index contributed by atoms with van der Waals surface area (Å²) in [6.45, 7) is 2.25. The second kappa shape index (κ2) is 11.4. The van der Waals surface area contributed by atoms with Gasteiger partial charge in [0, 0.05) is 11.8 Å². The van der Waals surface area contributed by atoms with Gasteiger partial charge in [0.1, 0.15) is 0 Å². The van der Waals surface area contributed by atoms with E-state index in [2.05, 4.69) is 13.0 Å². The Labute approximate surface area is 98.7 Å². The molecule has 0 aromatic heterocycles. The number of rotatable bonds is 9. The van der Waals surface area contributed by atoms with E-state index < -0.39 is 0 Å². The Morgan fingerprint density at radius 3 is 2.07 bits per heavy atom. The van der Waals surface area contributed by atoms with Crippen LogP contribution >= 0.6 is 23.2 Å². The van der Waals surface area contributed by atoms with Crippen molar-refractivity contribution in [2.24, 2.45) is 0 Å². The smallest absolute Gasteiger partial charge is 0.0445 e. The summed E-state index contributed by atoms with van der Waals surface area (Å²) in [7, 11) is 0. The summed E-state index contributed by atoms with van der Waals surface area (Å²) in [5.41, 5.74) is 1.17. The number of hydrogen-bond acceptors (Lipinski definition) is 0. The fourth-order valence-corrected chi connectivity index (χ4v) is 1.88. The minimum absolute atomic E-state index is 0.583. The highest BCUT2D eigenvalue weighted by Crippen LogP contribution is 2.09. The number of hydrogen-bond donors (Lipinski definition) is 0. The minimum atomic E-state index is 0.583. The summed E-state index contributed by atoms with van der Waals surface area (Å²) in [6, 6.07) is 0. The minimum Gasteiger partial charge on any atom is -0.122 e. The van der Waals surface area contributed by atoms with E-state index in [4.69, 9.17) is 23.2 Å². The second-order valence-corrected chi connectivity index (χ2v) is 4.22. The normalized spacial score (nSPS) is 10.2. The van der Waals surface area contributed by atoms with E-state index in [0.29, 0.717) is 11.8 Å². The number of allylic oxidation sites excluding steroid dienone is 2. The lowest BCUT2D eigenvalue weighted by atomic mass is 10.1. The molecule has 84 valence electrons. The molecule has 0 bridgehead atoms. The van der Waals surface area contributed by atoms with E-state index in [0.717, 1.165) is 6.42 Å². The summed E-state index contributed by atoms with van der Waals surface area (Å²) < 4.78 is 0. The zero-order valence-corrected chi connectivity index (χ0v) is 10.7. The van der Waals surface area contributed by atoms with Crippen LogP contribution < -0.4 is 0 Å². The van der Waals surface area contributed by atoms with Crippen molar-refractivity contribution in [2.45, 2.75) is 51.9 Å². The van der Waals surface area contributed by atoms with Crippen LogP contribution in [0, 0.1) is 0 Å². The molecule has 0 heterocycles. The molecule has 0 aliphatic rings. The second-order valence-electron chi connectivity index (χ2n) is 3.69. The van der Waals surface area contributed by atoms with E-state index in [9.17, 15) is 0 Å². The molecule has 0 nitrogen and oxygen atoms in total. The van der Waals surface area contributed by atoms with Crippen molar-refractivity contribution >= 4 is 23.2 Å². The van der Waals surface area contributed by atoms with Crippen LogP contribution in [-0.2, 0) is 0 Å². The first-order valence-electron chi connectivity index (χ1n) is 5.65. The van der Waals surface area contributed by atoms with Gasteiger partial charge in [0.25, 0.3) is 0 Å². The van der Waals surface area contributed by atoms with Gasteiger partial charge in [0.05, 0.1) is 0 Å². The highest BCUT2D eigenvalue weighted by atomic mass is 35.5. The molecule has 14 heavy (non-hydrogen) atoms. The van der Waals surface area contributed by atoms with Gasteiger partial charge in [-0.15, -0.1) is 23.2 Å². The van der Waals surface area contributed by atoms with E-state index in [1.807, 2.05) is 0 Å². The van der Waals surface area contributed by atoms with E-state index in [1.165, 1.54) is 44.1 Å². The van der Waals surface area contributed by atoms with Gasteiger partial charge in [-0.25, -0.2) is 0 Å². The van der Waals surface area contributed by atoms with Crippen LogP contribution in [0.25, 0.3) is 0 Å². The highest BCUT2D eigenvalue weighted by molar-refractivity contribution is 6.23. The van der Waals surface area contributed by atoms with Gasteiger partial charge < -0.3 is 0 Å². The third kappa shape index (κ3) is 8.90. The number of unbranched alkanes of at least 4 members (excludes halogenated alkanes) is 6. The Morgan fingerprint density at radius 2 is 1.50 bits per heavy atom. The first-order chi connectivity index (χ1) is 6.85. The van der Waals surface area contributed by atoms with Crippen molar-refractivity contribution < 1.29 is 0 Å². The largest absolute Gasteiger partial charge is 0.122 e. The molecule has 0 rings (SSSR count). The Hall–Kier alpha value is 0.320. The quantitative estimate of drug-likeness (QED) is 0.296. The lowest BCUT2D eigenvalue weighted by Gasteiger charge is -1.99. The third-order valence-corrected chi connectivity index (χ3v) is 3.02. The van der Waals surface area contributed by atoms with Gasteiger partial charge in [-0.2, -0.15) is 0 Å². The Balaban J connectivity index is 3.23. The molecule has 0 fully saturated rings. The van der Waals surface area contributed by atoms with Gasteiger partial charge in [-0.05, 0) is 18.4 Å². The average Bonchev–Trinajstić information content (AvgIpc) is 2.22. The van der Waals surface area contributed by atoms with Gasteiger partial charge in [-0.3, -0.25) is 0 Å². The van der Waals surface area contributed by atoms with Crippen molar-refractivity contribution in [2.75, 3.05) is 11.8 Å². The molecule has 0 saturated carbocycles. The van der Waals surface area contributed by atoms with Gasteiger partial charge in [-0.1, -0.05) is 45.1 Å². The van der Waals surface area contributed by atoms with E-state index in [-0.39, 0.29) is 0 Å². The van der Waals surface area contributed by atoms with Crippen LogP contribution in [0.5, 0.6) is 0 Å². The summed E-state index contributed by atoms with van der Waals surface area (Å²) in [4.78, 5) is 0. The van der Waals surface area contributed by atoms with Gasteiger partial charge >= 0.3 is 0 Å². The van der Waals surface area contributed by atoms with Crippen molar-refractivity contribution in [1.29, 1.82) is 0 Å². The molecule has 0 aliphatic carbocycles. The van der Waals surface area contributed by atoms with Crippen LogP contribution in [-0.4, -0.2) is 11.8 Å². The van der Waals surface area contributed by atoms with Crippen LogP contribution in [0.2, 0.25) is 0 Å².